The molecule has 1 unspecified atom stereocenters. The molecule has 1 aliphatic rings. The maximum Gasteiger partial charge on any atom is 0.159 e. The molecule has 1 N–H and O–H groups in total. The molecule has 5 rings (SSSR count). The van der Waals surface area contributed by atoms with E-state index < -0.39 is 0 Å². The molecule has 4 heterocycles. The molecule has 0 saturated carbocycles. The number of aromatic nitrogens is 6. The lowest BCUT2D eigenvalue weighted by Gasteiger charge is -2.07. The summed E-state index contributed by atoms with van der Waals surface area (Å²) in [5.74, 6) is 1.37. The average molecular weight is 385 g/mol. The van der Waals surface area contributed by atoms with Gasteiger partial charge in [0.1, 0.15) is 0 Å². The van der Waals surface area contributed by atoms with Crippen molar-refractivity contribution >= 4 is 0 Å². The van der Waals surface area contributed by atoms with Crippen LogP contribution in [0.5, 0.6) is 0 Å². The van der Waals surface area contributed by atoms with Crippen molar-refractivity contribution in [1.29, 1.82) is 0 Å². The SMILES string of the molecule is Cn1cc(-c2cccc(-c3ncc(-c4cnn(CC5CCNC5)c4)cn3)c2)cn1. The van der Waals surface area contributed by atoms with Crippen LogP contribution in [0.1, 0.15) is 6.42 Å². The van der Waals surface area contributed by atoms with Crippen LogP contribution < -0.4 is 5.32 Å². The summed E-state index contributed by atoms with van der Waals surface area (Å²) in [6.07, 6.45) is 12.8. The minimum Gasteiger partial charge on any atom is -0.316 e. The fourth-order valence-electron chi connectivity index (χ4n) is 3.78. The van der Waals surface area contributed by atoms with Gasteiger partial charge in [0, 0.05) is 60.6 Å². The summed E-state index contributed by atoms with van der Waals surface area (Å²) >= 11 is 0. The summed E-state index contributed by atoms with van der Waals surface area (Å²) in [5, 5.41) is 12.2. The maximum atomic E-state index is 4.60. The first-order chi connectivity index (χ1) is 14.2. The van der Waals surface area contributed by atoms with Crippen LogP contribution in [-0.2, 0) is 13.6 Å². The Kier molecular flexibility index (Phi) is 4.65. The molecule has 1 saturated heterocycles. The largest absolute Gasteiger partial charge is 0.316 e. The lowest BCUT2D eigenvalue weighted by molar-refractivity contribution is 0.449. The molecule has 146 valence electrons. The highest BCUT2D eigenvalue weighted by atomic mass is 15.3. The second-order valence-corrected chi connectivity index (χ2v) is 7.59. The molecule has 0 bridgehead atoms. The van der Waals surface area contributed by atoms with E-state index in [9.17, 15) is 0 Å². The van der Waals surface area contributed by atoms with E-state index in [0.717, 1.165) is 47.5 Å². The molecule has 0 radical (unpaired) electrons. The third kappa shape index (κ3) is 3.82. The van der Waals surface area contributed by atoms with Crippen molar-refractivity contribution in [3.8, 4) is 33.6 Å². The number of nitrogens with one attached hydrogen (secondary N) is 1. The van der Waals surface area contributed by atoms with Crippen LogP contribution in [0.2, 0.25) is 0 Å². The van der Waals surface area contributed by atoms with Gasteiger partial charge in [-0.25, -0.2) is 9.97 Å². The molecule has 3 aromatic heterocycles. The lowest BCUT2D eigenvalue weighted by atomic mass is 10.1. The zero-order chi connectivity index (χ0) is 19.6. The Hall–Kier alpha value is -3.32. The van der Waals surface area contributed by atoms with E-state index in [-0.39, 0.29) is 0 Å². The summed E-state index contributed by atoms with van der Waals surface area (Å²) in [5.41, 5.74) is 5.20. The summed E-state index contributed by atoms with van der Waals surface area (Å²) in [4.78, 5) is 9.20. The van der Waals surface area contributed by atoms with Gasteiger partial charge in [0.15, 0.2) is 5.82 Å². The van der Waals surface area contributed by atoms with E-state index in [4.69, 9.17) is 0 Å². The standard InChI is InChI=1S/C22H23N7/c1-28-14-20(11-26-28)17-3-2-4-18(7-17)22-24-9-19(10-25-22)21-12-27-29(15-21)13-16-5-6-23-8-16/h2-4,7,9-12,14-16,23H,5-6,8,13H2,1H3. The molecular formula is C22H23N7. The number of aryl methyl sites for hydroxylation is 1. The number of nitrogens with zero attached hydrogens (tertiary/aromatic N) is 6. The van der Waals surface area contributed by atoms with Crippen LogP contribution in [0.25, 0.3) is 33.6 Å². The Labute approximate surface area is 169 Å². The van der Waals surface area contributed by atoms with Crippen LogP contribution in [0.4, 0.5) is 0 Å². The molecule has 0 aliphatic carbocycles. The van der Waals surface area contributed by atoms with Crippen LogP contribution >= 0.6 is 0 Å². The van der Waals surface area contributed by atoms with Gasteiger partial charge < -0.3 is 5.32 Å². The van der Waals surface area contributed by atoms with Crippen molar-refractivity contribution in [1.82, 2.24) is 34.8 Å². The van der Waals surface area contributed by atoms with Gasteiger partial charge >= 0.3 is 0 Å². The quantitative estimate of drug-likeness (QED) is 0.572. The second kappa shape index (κ2) is 7.60. The summed E-state index contributed by atoms with van der Waals surface area (Å²) < 4.78 is 3.83. The van der Waals surface area contributed by atoms with Gasteiger partial charge in [-0.2, -0.15) is 10.2 Å². The number of hydrogen-bond donors (Lipinski definition) is 1. The summed E-state index contributed by atoms with van der Waals surface area (Å²) in [6.45, 7) is 3.13. The molecule has 29 heavy (non-hydrogen) atoms. The van der Waals surface area contributed by atoms with Gasteiger partial charge in [-0.05, 0) is 37.1 Å². The van der Waals surface area contributed by atoms with Crippen molar-refractivity contribution < 1.29 is 0 Å². The van der Waals surface area contributed by atoms with Crippen molar-refractivity contribution in [2.45, 2.75) is 13.0 Å². The van der Waals surface area contributed by atoms with Crippen LogP contribution in [0.15, 0.2) is 61.4 Å². The number of hydrogen-bond acceptors (Lipinski definition) is 5. The third-order valence-corrected chi connectivity index (χ3v) is 5.39. The first-order valence-corrected chi connectivity index (χ1v) is 9.90. The lowest BCUT2D eigenvalue weighted by Crippen LogP contribution is -2.14. The van der Waals surface area contributed by atoms with Gasteiger partial charge in [-0.15, -0.1) is 0 Å². The minimum atomic E-state index is 0.661. The van der Waals surface area contributed by atoms with Crippen molar-refractivity contribution in [3.05, 3.63) is 61.4 Å². The molecule has 7 nitrogen and oxygen atoms in total. The van der Waals surface area contributed by atoms with Gasteiger partial charge in [0.25, 0.3) is 0 Å². The molecule has 1 aromatic carbocycles. The third-order valence-electron chi connectivity index (χ3n) is 5.39. The first kappa shape index (κ1) is 17.8. The maximum absolute atomic E-state index is 4.60. The number of benzene rings is 1. The predicted molar refractivity (Wildman–Crippen MR) is 112 cm³/mol. The fraction of sp³-hybridized carbons (Fsp3) is 0.273. The molecule has 7 heteroatoms. The summed E-state index contributed by atoms with van der Waals surface area (Å²) in [7, 11) is 1.92. The second-order valence-electron chi connectivity index (χ2n) is 7.59. The van der Waals surface area contributed by atoms with Gasteiger partial charge in [-0.1, -0.05) is 18.2 Å². The van der Waals surface area contributed by atoms with Gasteiger partial charge in [-0.3, -0.25) is 9.36 Å². The van der Waals surface area contributed by atoms with Crippen molar-refractivity contribution in [3.63, 3.8) is 0 Å². The molecule has 1 aliphatic heterocycles. The Morgan fingerprint density at radius 3 is 2.48 bits per heavy atom. The molecule has 0 amide bonds. The molecule has 1 fully saturated rings. The zero-order valence-corrected chi connectivity index (χ0v) is 16.4. The summed E-state index contributed by atoms with van der Waals surface area (Å²) in [6, 6.07) is 8.22. The minimum absolute atomic E-state index is 0.661. The monoisotopic (exact) mass is 385 g/mol. The van der Waals surface area contributed by atoms with E-state index in [1.54, 1.807) is 4.68 Å². The van der Waals surface area contributed by atoms with Gasteiger partial charge in [0.2, 0.25) is 0 Å². The normalized spacial score (nSPS) is 16.4. The van der Waals surface area contributed by atoms with E-state index in [2.05, 4.69) is 43.8 Å². The van der Waals surface area contributed by atoms with E-state index >= 15 is 0 Å². The number of rotatable bonds is 5. The first-order valence-electron chi connectivity index (χ1n) is 9.90. The highest BCUT2D eigenvalue weighted by Crippen LogP contribution is 2.25. The highest BCUT2D eigenvalue weighted by Gasteiger charge is 2.15. The highest BCUT2D eigenvalue weighted by molar-refractivity contribution is 5.70. The van der Waals surface area contributed by atoms with Crippen LogP contribution in [-0.4, -0.2) is 42.6 Å². The van der Waals surface area contributed by atoms with E-state index in [0.29, 0.717) is 11.7 Å². The van der Waals surface area contributed by atoms with Crippen molar-refractivity contribution in [2.75, 3.05) is 13.1 Å². The fourth-order valence-corrected chi connectivity index (χ4v) is 3.78. The van der Waals surface area contributed by atoms with Crippen molar-refractivity contribution in [2.24, 2.45) is 13.0 Å². The Morgan fingerprint density at radius 1 is 0.931 bits per heavy atom. The van der Waals surface area contributed by atoms with Gasteiger partial charge in [0.05, 0.1) is 12.4 Å². The molecule has 1 atom stereocenters. The Morgan fingerprint density at radius 2 is 1.72 bits per heavy atom. The predicted octanol–water partition coefficient (Wildman–Crippen LogP) is 3.02. The average Bonchev–Trinajstić information content (AvgIpc) is 3.51. The Balaban J connectivity index is 1.35. The molecule has 4 aromatic rings. The zero-order valence-electron chi connectivity index (χ0n) is 16.4. The van der Waals surface area contributed by atoms with Crippen LogP contribution in [0, 0.1) is 5.92 Å². The van der Waals surface area contributed by atoms with E-state index in [1.807, 2.05) is 54.8 Å². The van der Waals surface area contributed by atoms with Crippen LogP contribution in [0.3, 0.4) is 0 Å². The van der Waals surface area contributed by atoms with E-state index in [1.165, 1.54) is 6.42 Å². The molecule has 0 spiro atoms. The smallest absolute Gasteiger partial charge is 0.159 e. The molecular weight excluding hydrogens is 362 g/mol. The topological polar surface area (TPSA) is 73.5 Å². The Bertz CT molecular complexity index is 1100.